The summed E-state index contributed by atoms with van der Waals surface area (Å²) in [6.07, 6.45) is 3.44. The molecular formula is C28H29N5O3. The zero-order chi connectivity index (χ0) is 25.4. The highest BCUT2D eigenvalue weighted by molar-refractivity contribution is 6.03. The predicted octanol–water partition coefficient (Wildman–Crippen LogP) is 3.82. The number of amides is 1. The van der Waals surface area contributed by atoms with Gasteiger partial charge < -0.3 is 26.5 Å². The molecule has 0 bridgehead atoms. The number of carboxylic acid groups (broad SMARTS) is 1. The van der Waals surface area contributed by atoms with Gasteiger partial charge in [0.1, 0.15) is 11.5 Å². The van der Waals surface area contributed by atoms with Crippen molar-refractivity contribution in [3.8, 4) is 0 Å². The van der Waals surface area contributed by atoms with E-state index in [1.165, 1.54) is 0 Å². The molecule has 0 saturated heterocycles. The van der Waals surface area contributed by atoms with Gasteiger partial charge in [-0.05, 0) is 66.3 Å². The van der Waals surface area contributed by atoms with E-state index in [1.807, 2.05) is 41.0 Å². The van der Waals surface area contributed by atoms with Gasteiger partial charge in [0.15, 0.2) is 0 Å². The van der Waals surface area contributed by atoms with Crippen LogP contribution >= 0.6 is 0 Å². The number of nitrogens with zero attached hydrogens (tertiary/aromatic N) is 1. The fraction of sp³-hybridized carbons (Fsp3) is 0.250. The fourth-order valence-electron chi connectivity index (χ4n) is 5.12. The summed E-state index contributed by atoms with van der Waals surface area (Å²) in [7, 11) is 0. The Morgan fingerprint density at radius 1 is 0.972 bits per heavy atom. The number of rotatable bonds is 6. The third-order valence-electron chi connectivity index (χ3n) is 7.08. The van der Waals surface area contributed by atoms with Crippen molar-refractivity contribution in [2.24, 2.45) is 11.5 Å². The Labute approximate surface area is 208 Å². The van der Waals surface area contributed by atoms with Gasteiger partial charge in [-0.15, -0.1) is 0 Å². The number of fused-ring (bicyclic) bond motifs is 2. The van der Waals surface area contributed by atoms with Crippen LogP contribution in [0.4, 0.5) is 0 Å². The van der Waals surface area contributed by atoms with Gasteiger partial charge >= 0.3 is 5.97 Å². The lowest BCUT2D eigenvalue weighted by Gasteiger charge is -2.27. The number of hydrogen-bond donors (Lipinski definition) is 5. The second-order valence-electron chi connectivity index (χ2n) is 9.55. The molecule has 1 saturated carbocycles. The van der Waals surface area contributed by atoms with E-state index in [4.69, 9.17) is 16.9 Å². The van der Waals surface area contributed by atoms with Gasteiger partial charge in [-0.3, -0.25) is 10.2 Å². The molecule has 1 aliphatic carbocycles. The molecule has 0 aliphatic heterocycles. The van der Waals surface area contributed by atoms with Crippen LogP contribution in [0.25, 0.3) is 21.7 Å². The van der Waals surface area contributed by atoms with Gasteiger partial charge in [-0.25, -0.2) is 4.79 Å². The summed E-state index contributed by atoms with van der Waals surface area (Å²) < 4.78 is 1.89. The molecule has 184 valence electrons. The Kier molecular flexibility index (Phi) is 6.20. The Hall–Kier alpha value is -4.17. The van der Waals surface area contributed by atoms with E-state index < -0.39 is 5.97 Å². The zero-order valence-corrected chi connectivity index (χ0v) is 19.8. The maximum Gasteiger partial charge on any atom is 0.335 e. The maximum atomic E-state index is 13.5. The molecule has 7 N–H and O–H groups in total. The number of benzene rings is 3. The van der Waals surface area contributed by atoms with Crippen molar-refractivity contribution in [2.45, 2.75) is 44.3 Å². The summed E-state index contributed by atoms with van der Waals surface area (Å²) in [5, 5.41) is 23.3. The molecule has 1 fully saturated rings. The van der Waals surface area contributed by atoms with Crippen molar-refractivity contribution in [1.82, 2.24) is 9.88 Å². The molecule has 0 atom stereocenters. The monoisotopic (exact) mass is 483 g/mol. The standard InChI is InChI=1S/C28H29N5O3/c29-21-7-9-22(10-8-21)32-27(34)25-13-17-5-6-18(26(30)31)14-24(17)33(25)15-20-12-19(28(35)36)11-16-3-1-2-4-23(16)20/h1-6,11-14,21-22H,7-10,15,29H2,(H3,30,31)(H,32,34)(H,35,36)/t21-,22-. The SMILES string of the molecule is N=C(N)c1ccc2cc(C(=O)N[C@H]3CC[C@H](N)CC3)n(Cc3cc(C(=O)O)cc4ccccc34)c2c1. The minimum Gasteiger partial charge on any atom is -0.478 e. The molecule has 1 amide bonds. The van der Waals surface area contributed by atoms with Gasteiger partial charge in [0.05, 0.1) is 5.56 Å². The molecule has 0 spiro atoms. The molecular weight excluding hydrogens is 454 g/mol. The van der Waals surface area contributed by atoms with Crippen molar-refractivity contribution in [1.29, 1.82) is 5.41 Å². The van der Waals surface area contributed by atoms with Gasteiger partial charge in [0, 0.05) is 35.1 Å². The molecule has 5 rings (SSSR count). The number of carboxylic acids is 1. The summed E-state index contributed by atoms with van der Waals surface area (Å²) in [5.41, 5.74) is 14.5. The highest BCUT2D eigenvalue weighted by Gasteiger charge is 2.24. The highest BCUT2D eigenvalue weighted by atomic mass is 16.4. The molecule has 36 heavy (non-hydrogen) atoms. The number of aromatic carboxylic acids is 1. The number of nitrogens with two attached hydrogens (primary N) is 2. The first-order chi connectivity index (χ1) is 17.3. The summed E-state index contributed by atoms with van der Waals surface area (Å²) in [5.74, 6) is -1.26. The second-order valence-corrected chi connectivity index (χ2v) is 9.55. The van der Waals surface area contributed by atoms with Crippen molar-refractivity contribution < 1.29 is 14.7 Å². The molecule has 0 radical (unpaired) electrons. The predicted molar refractivity (Wildman–Crippen MR) is 141 cm³/mol. The normalized spacial score (nSPS) is 17.8. The van der Waals surface area contributed by atoms with Crippen LogP contribution in [-0.2, 0) is 6.54 Å². The lowest BCUT2D eigenvalue weighted by Crippen LogP contribution is -2.41. The van der Waals surface area contributed by atoms with Crippen molar-refractivity contribution in [3.05, 3.63) is 83.0 Å². The number of carbonyl (C=O) groups is 2. The summed E-state index contributed by atoms with van der Waals surface area (Å²) in [6, 6.07) is 18.4. The Balaban J connectivity index is 1.62. The van der Waals surface area contributed by atoms with Crippen LogP contribution in [-0.4, -0.2) is 39.5 Å². The van der Waals surface area contributed by atoms with E-state index in [-0.39, 0.29) is 35.9 Å². The number of hydrogen-bond acceptors (Lipinski definition) is 4. The van der Waals surface area contributed by atoms with Crippen LogP contribution < -0.4 is 16.8 Å². The zero-order valence-electron chi connectivity index (χ0n) is 19.8. The van der Waals surface area contributed by atoms with E-state index in [0.717, 1.165) is 52.9 Å². The van der Waals surface area contributed by atoms with Crippen LogP contribution in [0, 0.1) is 5.41 Å². The average Bonchev–Trinajstić information content (AvgIpc) is 3.23. The van der Waals surface area contributed by atoms with Gasteiger partial charge in [-0.1, -0.05) is 36.4 Å². The van der Waals surface area contributed by atoms with E-state index in [2.05, 4.69) is 5.32 Å². The third kappa shape index (κ3) is 4.55. The minimum absolute atomic E-state index is 0.0625. The van der Waals surface area contributed by atoms with Gasteiger partial charge in [0.25, 0.3) is 5.91 Å². The van der Waals surface area contributed by atoms with Crippen LogP contribution in [0.2, 0.25) is 0 Å². The molecule has 1 aromatic heterocycles. The smallest absolute Gasteiger partial charge is 0.335 e. The highest BCUT2D eigenvalue weighted by Crippen LogP contribution is 2.28. The van der Waals surface area contributed by atoms with E-state index in [9.17, 15) is 14.7 Å². The Morgan fingerprint density at radius 3 is 2.44 bits per heavy atom. The van der Waals surface area contributed by atoms with Crippen LogP contribution in [0.3, 0.4) is 0 Å². The molecule has 3 aromatic carbocycles. The molecule has 8 nitrogen and oxygen atoms in total. The first kappa shape index (κ1) is 23.6. The quantitative estimate of drug-likeness (QED) is 0.209. The second kappa shape index (κ2) is 9.47. The largest absolute Gasteiger partial charge is 0.478 e. The lowest BCUT2D eigenvalue weighted by atomic mass is 9.92. The summed E-state index contributed by atoms with van der Waals surface area (Å²) >= 11 is 0. The number of nitrogen functional groups attached to an aromatic ring is 1. The lowest BCUT2D eigenvalue weighted by molar-refractivity contribution is 0.0696. The minimum atomic E-state index is -1.01. The van der Waals surface area contributed by atoms with Crippen LogP contribution in [0.15, 0.2) is 60.7 Å². The van der Waals surface area contributed by atoms with Gasteiger partial charge in [0.2, 0.25) is 0 Å². The molecule has 8 heteroatoms. The number of amidine groups is 1. The first-order valence-corrected chi connectivity index (χ1v) is 12.1. The molecule has 4 aromatic rings. The summed E-state index contributed by atoms with van der Waals surface area (Å²) in [4.78, 5) is 25.3. The number of carbonyl (C=O) groups excluding carboxylic acids is 1. The molecule has 1 heterocycles. The summed E-state index contributed by atoms with van der Waals surface area (Å²) in [6.45, 7) is 0.283. The molecule has 1 aliphatic rings. The average molecular weight is 484 g/mol. The first-order valence-electron chi connectivity index (χ1n) is 12.1. The van der Waals surface area contributed by atoms with E-state index in [0.29, 0.717) is 11.3 Å². The topological polar surface area (TPSA) is 147 Å². The van der Waals surface area contributed by atoms with Crippen molar-refractivity contribution in [3.63, 3.8) is 0 Å². The number of aromatic nitrogens is 1. The van der Waals surface area contributed by atoms with E-state index >= 15 is 0 Å². The maximum absolute atomic E-state index is 13.5. The molecule has 0 unspecified atom stereocenters. The van der Waals surface area contributed by atoms with Crippen LogP contribution in [0.1, 0.15) is 57.7 Å². The van der Waals surface area contributed by atoms with Crippen molar-refractivity contribution in [2.75, 3.05) is 0 Å². The van der Waals surface area contributed by atoms with Crippen LogP contribution in [0.5, 0.6) is 0 Å². The fourth-order valence-corrected chi connectivity index (χ4v) is 5.12. The van der Waals surface area contributed by atoms with Crippen molar-refractivity contribution >= 4 is 39.4 Å². The van der Waals surface area contributed by atoms with E-state index in [1.54, 1.807) is 24.3 Å². The Bertz CT molecular complexity index is 1500. The third-order valence-corrected chi connectivity index (χ3v) is 7.08. The Morgan fingerprint density at radius 2 is 1.72 bits per heavy atom. The number of nitrogens with one attached hydrogen (secondary N) is 2. The van der Waals surface area contributed by atoms with Gasteiger partial charge in [-0.2, -0.15) is 0 Å².